The van der Waals surface area contributed by atoms with Crippen LogP contribution in [-0.4, -0.2) is 130 Å². The van der Waals surface area contributed by atoms with Gasteiger partial charge in [0.1, 0.15) is 42.3 Å². The third-order valence-electron chi connectivity index (χ3n) is 8.64. The lowest BCUT2D eigenvalue weighted by Crippen LogP contribution is -2.61. The van der Waals surface area contributed by atoms with Gasteiger partial charge in [0.25, 0.3) is 0 Å². The molecule has 58 heavy (non-hydrogen) atoms. The van der Waals surface area contributed by atoms with Gasteiger partial charge in [-0.2, -0.15) is 0 Å². The van der Waals surface area contributed by atoms with Crippen LogP contribution < -0.4 is 48.7 Å². The zero-order valence-corrected chi connectivity index (χ0v) is 35.0. The van der Waals surface area contributed by atoms with Gasteiger partial charge in [-0.3, -0.25) is 38.4 Å². The average Bonchev–Trinajstić information content (AvgIpc) is 3.10. The molecule has 21 nitrogen and oxygen atoms in total. The van der Waals surface area contributed by atoms with Gasteiger partial charge in [0.15, 0.2) is 0 Å². The first-order valence-corrected chi connectivity index (χ1v) is 19.4. The number of nitrogens with two attached hydrogens (primary N) is 2. The van der Waals surface area contributed by atoms with E-state index in [9.17, 15) is 48.3 Å². The number of primary amides is 1. The van der Waals surface area contributed by atoms with Crippen molar-refractivity contribution in [1.82, 2.24) is 37.2 Å². The lowest BCUT2D eigenvalue weighted by molar-refractivity contribution is -0.143. The molecule has 0 saturated heterocycles. The highest BCUT2D eigenvalue weighted by molar-refractivity contribution is 5.97. The van der Waals surface area contributed by atoms with E-state index in [4.69, 9.17) is 21.7 Å². The first-order chi connectivity index (χ1) is 26.8. The van der Waals surface area contributed by atoms with Crippen LogP contribution in [0.2, 0.25) is 0 Å². The van der Waals surface area contributed by atoms with Gasteiger partial charge in [-0.25, -0.2) is 4.79 Å². The Kier molecular flexibility index (Phi) is 24.0. The molecule has 0 bridgehead atoms. The molecule has 0 fully saturated rings. The van der Waals surface area contributed by atoms with Crippen molar-refractivity contribution in [3.8, 4) is 0 Å². The van der Waals surface area contributed by atoms with Gasteiger partial charge in [0, 0.05) is 6.42 Å². The van der Waals surface area contributed by atoms with Crippen molar-refractivity contribution in [2.24, 2.45) is 35.1 Å². The van der Waals surface area contributed by atoms with Crippen LogP contribution in [0.1, 0.15) is 94.4 Å². The summed E-state index contributed by atoms with van der Waals surface area (Å²) in [4.78, 5) is 116. The summed E-state index contributed by atoms with van der Waals surface area (Å²) in [5.41, 5.74) is 11.1. The third-order valence-corrected chi connectivity index (χ3v) is 8.64. The molecule has 0 aromatic carbocycles. The van der Waals surface area contributed by atoms with E-state index in [1.165, 1.54) is 6.92 Å². The van der Waals surface area contributed by atoms with Crippen molar-refractivity contribution in [2.75, 3.05) is 13.2 Å². The summed E-state index contributed by atoms with van der Waals surface area (Å²) < 4.78 is 0. The fourth-order valence-electron chi connectivity index (χ4n) is 5.47. The average molecular weight is 830 g/mol. The fraction of sp³-hybridized carbons (Fsp3) is 0.757. The molecule has 0 rings (SSSR count). The smallest absolute Gasteiger partial charge is 0.328 e. The van der Waals surface area contributed by atoms with Crippen LogP contribution in [0.4, 0.5) is 0 Å². The first kappa shape index (κ1) is 53.1. The molecule has 21 heteroatoms. The second kappa shape index (κ2) is 26.2. The molecule has 0 saturated carbocycles. The molecule has 8 amide bonds. The Morgan fingerprint density at radius 2 is 0.966 bits per heavy atom. The molecule has 332 valence electrons. The molecule has 0 aromatic rings. The Bertz CT molecular complexity index is 1420. The summed E-state index contributed by atoms with van der Waals surface area (Å²) in [5, 5.41) is 45.2. The summed E-state index contributed by atoms with van der Waals surface area (Å²) in [7, 11) is 0. The van der Waals surface area contributed by atoms with Crippen LogP contribution in [0, 0.1) is 23.7 Å². The predicted octanol–water partition coefficient (Wildman–Crippen LogP) is -3.14. The van der Waals surface area contributed by atoms with Gasteiger partial charge < -0.3 is 64.0 Å². The number of amides is 8. The van der Waals surface area contributed by atoms with Crippen molar-refractivity contribution in [3.63, 3.8) is 0 Å². The fourth-order valence-corrected chi connectivity index (χ4v) is 5.47. The van der Waals surface area contributed by atoms with E-state index in [2.05, 4.69) is 31.9 Å². The van der Waals surface area contributed by atoms with Gasteiger partial charge >= 0.3 is 5.97 Å². The van der Waals surface area contributed by atoms with Crippen LogP contribution in [-0.2, 0) is 43.2 Å². The molecule has 8 atom stereocenters. The molecule has 0 aliphatic carbocycles. The van der Waals surface area contributed by atoms with Crippen molar-refractivity contribution in [3.05, 3.63) is 0 Å². The van der Waals surface area contributed by atoms with Crippen LogP contribution in [0.5, 0.6) is 0 Å². The first-order valence-electron chi connectivity index (χ1n) is 19.4. The SMILES string of the molecule is CC(C)C[C@H](NC(=O)[C@H](CC(C)C)NC(=O)[C@H](CCC(N)=O)NC(=O)[C@@H](NC(=O)[C@H](CC(C)C)NC(=O)[C@@H](N)[C@@H](C)O)C(C)C)C(=O)NCC(=O)N[C@@H](CO)C(=O)O. The van der Waals surface area contributed by atoms with Gasteiger partial charge in [0.2, 0.25) is 47.3 Å². The number of aliphatic hydroxyl groups is 2. The third kappa shape index (κ3) is 20.5. The van der Waals surface area contributed by atoms with Crippen molar-refractivity contribution in [2.45, 2.75) is 143 Å². The van der Waals surface area contributed by atoms with Crippen molar-refractivity contribution < 1.29 is 58.5 Å². The molecule has 0 aliphatic rings. The maximum absolute atomic E-state index is 13.8. The molecule has 0 unspecified atom stereocenters. The van der Waals surface area contributed by atoms with Gasteiger partial charge in [-0.1, -0.05) is 55.4 Å². The summed E-state index contributed by atoms with van der Waals surface area (Å²) in [6, 6.07) is -9.19. The Morgan fingerprint density at radius 3 is 1.36 bits per heavy atom. The summed E-state index contributed by atoms with van der Waals surface area (Å²) >= 11 is 0. The molecule has 0 aliphatic heterocycles. The van der Waals surface area contributed by atoms with Crippen LogP contribution in [0.25, 0.3) is 0 Å². The van der Waals surface area contributed by atoms with E-state index < -0.39 is 121 Å². The molecule has 0 spiro atoms. The van der Waals surface area contributed by atoms with Crippen LogP contribution in [0.15, 0.2) is 0 Å². The minimum absolute atomic E-state index is 0.0660. The maximum Gasteiger partial charge on any atom is 0.328 e. The number of aliphatic carboxylic acids is 1. The van der Waals surface area contributed by atoms with Gasteiger partial charge in [0.05, 0.1) is 19.3 Å². The topological polar surface area (TPSA) is 351 Å². The Balaban J connectivity index is 6.26. The Hall–Kier alpha value is -4.89. The highest BCUT2D eigenvalue weighted by atomic mass is 16.4. The number of carboxylic acids is 1. The standard InChI is InChI=1S/C37H67N9O12/c1-17(2)12-23(31(51)40-15-28(50)41-26(16-47)37(57)58)43-33(53)24(13-18(3)4)44-32(52)22(10-11-27(38)49)42-36(56)30(20(7)8)46-34(54)25(14-19(5)6)45-35(55)29(39)21(9)48/h17-26,29-30,47-48H,10-16,39H2,1-9H3,(H2,38,49)(H,40,51)(H,41,50)(H,42,56)(H,43,53)(H,44,52)(H,45,55)(H,46,54)(H,57,58)/t21-,22+,23+,24+,25+,26+,29+,30+/m1/s1. The summed E-state index contributed by atoms with van der Waals surface area (Å²) in [6.45, 7) is 13.7. The number of carbonyl (C=O) groups is 9. The number of hydrogen-bond acceptors (Lipinski definition) is 12. The highest BCUT2D eigenvalue weighted by Gasteiger charge is 2.35. The van der Waals surface area contributed by atoms with Gasteiger partial charge in [-0.05, 0) is 56.3 Å². The maximum atomic E-state index is 13.8. The van der Waals surface area contributed by atoms with E-state index in [1.54, 1.807) is 41.5 Å². The number of carboxylic acid groups (broad SMARTS) is 1. The number of carbonyl (C=O) groups excluding carboxylic acids is 8. The van der Waals surface area contributed by atoms with Crippen LogP contribution >= 0.6 is 0 Å². The van der Waals surface area contributed by atoms with E-state index in [0.29, 0.717) is 0 Å². The lowest BCUT2D eigenvalue weighted by atomic mass is 9.98. The van der Waals surface area contributed by atoms with Crippen LogP contribution in [0.3, 0.4) is 0 Å². The summed E-state index contributed by atoms with van der Waals surface area (Å²) in [5.74, 6) is -8.90. The molecule has 14 N–H and O–H groups in total. The number of hydrogen-bond donors (Lipinski definition) is 12. The molecule has 0 aromatic heterocycles. The Labute approximate surface area is 339 Å². The van der Waals surface area contributed by atoms with E-state index in [-0.39, 0.29) is 49.9 Å². The lowest BCUT2D eigenvalue weighted by Gasteiger charge is -2.29. The van der Waals surface area contributed by atoms with E-state index in [0.717, 1.165) is 0 Å². The van der Waals surface area contributed by atoms with Crippen molar-refractivity contribution in [1.29, 1.82) is 0 Å². The minimum Gasteiger partial charge on any atom is -0.480 e. The minimum atomic E-state index is -1.59. The zero-order valence-electron chi connectivity index (χ0n) is 35.0. The quantitative estimate of drug-likeness (QED) is 0.0390. The normalized spacial score (nSPS) is 15.5. The Morgan fingerprint density at radius 1 is 0.552 bits per heavy atom. The largest absolute Gasteiger partial charge is 0.480 e. The second-order valence-corrected chi connectivity index (χ2v) is 16.0. The zero-order chi connectivity index (χ0) is 45.0. The molecular formula is C37H67N9O12. The van der Waals surface area contributed by atoms with E-state index in [1.807, 2.05) is 19.2 Å². The number of rotatable bonds is 27. The van der Waals surface area contributed by atoms with Crippen molar-refractivity contribution >= 4 is 53.2 Å². The number of aliphatic hydroxyl groups excluding tert-OH is 2. The highest BCUT2D eigenvalue weighted by Crippen LogP contribution is 2.12. The predicted molar refractivity (Wildman–Crippen MR) is 211 cm³/mol. The second-order valence-electron chi connectivity index (χ2n) is 16.0. The molecule has 0 radical (unpaired) electrons. The molecule has 0 heterocycles. The monoisotopic (exact) mass is 829 g/mol. The number of nitrogens with one attached hydrogen (secondary N) is 7. The molecular weight excluding hydrogens is 762 g/mol. The van der Waals surface area contributed by atoms with Gasteiger partial charge in [-0.15, -0.1) is 0 Å². The van der Waals surface area contributed by atoms with E-state index >= 15 is 0 Å². The summed E-state index contributed by atoms with van der Waals surface area (Å²) in [6.07, 6.45) is -1.51.